The predicted octanol–water partition coefficient (Wildman–Crippen LogP) is 5.66. The van der Waals surface area contributed by atoms with E-state index in [0.717, 1.165) is 25.7 Å². The summed E-state index contributed by atoms with van der Waals surface area (Å²) in [6, 6.07) is 0. The van der Waals surface area contributed by atoms with E-state index < -0.39 is 32.5 Å². The molecule has 0 amide bonds. The number of epoxide rings is 1. The summed E-state index contributed by atoms with van der Waals surface area (Å²) in [6.45, 7) is 3.20. The molecule has 0 saturated carbocycles. The SMILES string of the molecule is CCCCC/C=C\C/C=C\CC1OC1C/C=C\CCCC(=O)OC[C@H](COP(=O)(O)OCC[N+](C)(C)C)OC(C)=O. The third-order valence-electron chi connectivity index (χ3n) is 6.13. The fourth-order valence-electron chi connectivity index (χ4n) is 3.69. The molecular formula is C30H53NO9P+. The normalized spacial score (nSPS) is 19.6. The number of quaternary nitrogens is 1. The number of esters is 2. The zero-order valence-electron chi connectivity index (χ0n) is 25.7. The zero-order chi connectivity index (χ0) is 30.6. The van der Waals surface area contributed by atoms with Gasteiger partial charge in [-0.05, 0) is 44.9 Å². The summed E-state index contributed by atoms with van der Waals surface area (Å²) in [4.78, 5) is 33.3. The lowest BCUT2D eigenvalue weighted by Gasteiger charge is -2.24. The highest BCUT2D eigenvalue weighted by molar-refractivity contribution is 7.47. The van der Waals surface area contributed by atoms with E-state index in [1.807, 2.05) is 27.2 Å². The number of phosphoric acid groups is 1. The molecule has 41 heavy (non-hydrogen) atoms. The van der Waals surface area contributed by atoms with Crippen LogP contribution in [0.2, 0.25) is 0 Å². The first-order valence-electron chi connectivity index (χ1n) is 14.8. The second-order valence-corrected chi connectivity index (χ2v) is 12.7. The Hall–Kier alpha value is -1.81. The van der Waals surface area contributed by atoms with Crippen molar-refractivity contribution in [2.75, 3.05) is 47.5 Å². The van der Waals surface area contributed by atoms with Crippen molar-refractivity contribution in [2.24, 2.45) is 0 Å². The Morgan fingerprint density at radius 3 is 2.22 bits per heavy atom. The average molecular weight is 603 g/mol. The number of phosphoric ester groups is 1. The van der Waals surface area contributed by atoms with Crippen LogP contribution in [0.15, 0.2) is 36.5 Å². The van der Waals surface area contributed by atoms with Gasteiger partial charge >= 0.3 is 19.8 Å². The summed E-state index contributed by atoms with van der Waals surface area (Å²) < 4.78 is 38.4. The first kappa shape index (κ1) is 37.2. The molecule has 1 fully saturated rings. The Kier molecular flexibility index (Phi) is 19.0. The molecule has 0 radical (unpaired) electrons. The number of nitrogens with zero attached hydrogens (tertiary/aromatic N) is 1. The van der Waals surface area contributed by atoms with Crippen LogP contribution in [0.4, 0.5) is 0 Å². The van der Waals surface area contributed by atoms with Crippen molar-refractivity contribution >= 4 is 19.8 Å². The second-order valence-electron chi connectivity index (χ2n) is 11.2. The summed E-state index contributed by atoms with van der Waals surface area (Å²) >= 11 is 0. The zero-order valence-corrected chi connectivity index (χ0v) is 26.6. The van der Waals surface area contributed by atoms with E-state index in [1.54, 1.807) is 0 Å². The van der Waals surface area contributed by atoms with Gasteiger partial charge in [-0.25, -0.2) is 4.57 Å². The molecule has 0 aromatic carbocycles. The van der Waals surface area contributed by atoms with E-state index in [-0.39, 0.29) is 25.7 Å². The summed E-state index contributed by atoms with van der Waals surface area (Å²) in [7, 11) is 1.42. The van der Waals surface area contributed by atoms with E-state index in [4.69, 9.17) is 23.3 Å². The van der Waals surface area contributed by atoms with E-state index in [2.05, 4.69) is 37.3 Å². The van der Waals surface area contributed by atoms with E-state index in [9.17, 15) is 19.0 Å². The number of unbranched alkanes of at least 4 members (excludes halogenated alkanes) is 4. The first-order chi connectivity index (χ1) is 19.4. The van der Waals surface area contributed by atoms with E-state index >= 15 is 0 Å². The van der Waals surface area contributed by atoms with Gasteiger partial charge in [0.2, 0.25) is 0 Å². The third-order valence-corrected chi connectivity index (χ3v) is 7.11. The molecule has 0 aromatic rings. The second kappa shape index (κ2) is 21.0. The Morgan fingerprint density at radius 1 is 0.927 bits per heavy atom. The molecule has 3 unspecified atom stereocenters. The number of hydrogen-bond donors (Lipinski definition) is 1. The van der Waals surface area contributed by atoms with Gasteiger partial charge in [0.25, 0.3) is 0 Å². The van der Waals surface area contributed by atoms with Crippen LogP contribution in [0.5, 0.6) is 0 Å². The molecule has 1 N–H and O–H groups in total. The summed E-state index contributed by atoms with van der Waals surface area (Å²) in [5.74, 6) is -1.07. The Labute approximate surface area is 246 Å². The number of rotatable bonds is 24. The van der Waals surface area contributed by atoms with Gasteiger partial charge in [0, 0.05) is 13.3 Å². The van der Waals surface area contributed by atoms with E-state index in [0.29, 0.717) is 23.6 Å². The topological polar surface area (TPSA) is 121 Å². The van der Waals surface area contributed by atoms with Crippen LogP contribution in [0.3, 0.4) is 0 Å². The van der Waals surface area contributed by atoms with Gasteiger partial charge in [-0.1, -0.05) is 56.2 Å². The third kappa shape index (κ3) is 22.5. The molecule has 0 bridgehead atoms. The molecule has 1 heterocycles. The number of carbonyl (C=O) groups excluding carboxylic acids is 2. The monoisotopic (exact) mass is 602 g/mol. The van der Waals surface area contributed by atoms with Crippen LogP contribution in [-0.4, -0.2) is 87.1 Å². The molecule has 4 atom stereocenters. The van der Waals surface area contributed by atoms with Crippen molar-refractivity contribution in [2.45, 2.75) is 96.4 Å². The van der Waals surface area contributed by atoms with Crippen molar-refractivity contribution in [1.29, 1.82) is 0 Å². The fourth-order valence-corrected chi connectivity index (χ4v) is 4.43. The van der Waals surface area contributed by atoms with Crippen LogP contribution in [0.1, 0.15) is 78.1 Å². The van der Waals surface area contributed by atoms with Crippen molar-refractivity contribution in [3.63, 3.8) is 0 Å². The molecule has 0 aliphatic carbocycles. The molecule has 0 aromatic heterocycles. The number of hydrogen-bond acceptors (Lipinski definition) is 8. The fraction of sp³-hybridized carbons (Fsp3) is 0.733. The molecule has 11 heteroatoms. The Bertz CT molecular complexity index is 882. The van der Waals surface area contributed by atoms with Gasteiger partial charge < -0.3 is 23.6 Å². The maximum absolute atomic E-state index is 12.1. The lowest BCUT2D eigenvalue weighted by molar-refractivity contribution is -0.870. The molecule has 10 nitrogen and oxygen atoms in total. The van der Waals surface area contributed by atoms with Gasteiger partial charge in [0.1, 0.15) is 19.8 Å². The average Bonchev–Trinajstić information content (AvgIpc) is 3.63. The highest BCUT2D eigenvalue weighted by Gasteiger charge is 2.36. The standard InChI is InChI=1S/C30H52NO9P/c1-6-7-8-9-10-11-12-13-16-19-28-29(40-28)20-17-14-15-18-21-30(33)36-24-27(39-26(2)32)25-38-41(34,35)37-23-22-31(3,4)5/h10-11,13-14,16-17,27-29H,6-9,12,15,18-25H2,1-5H3/p+1/b11-10-,16-13-,17-14-/t27-,28?,29?/m1/s1. The van der Waals surface area contributed by atoms with Crippen LogP contribution in [0, 0.1) is 0 Å². The summed E-state index contributed by atoms with van der Waals surface area (Å²) in [5.41, 5.74) is 0. The van der Waals surface area contributed by atoms with Crippen LogP contribution < -0.4 is 0 Å². The summed E-state index contributed by atoms with van der Waals surface area (Å²) in [6.07, 6.45) is 21.8. The minimum absolute atomic E-state index is 0.0158. The van der Waals surface area contributed by atoms with Crippen molar-refractivity contribution < 1.29 is 46.8 Å². The van der Waals surface area contributed by atoms with Crippen LogP contribution in [0.25, 0.3) is 0 Å². The quantitative estimate of drug-likeness (QED) is 0.0373. The number of allylic oxidation sites excluding steroid dienone is 4. The number of likely N-dealkylation sites (N-methyl/N-ethyl adjacent to an activating group) is 1. The Balaban J connectivity index is 2.17. The Morgan fingerprint density at radius 2 is 1.56 bits per heavy atom. The van der Waals surface area contributed by atoms with Crippen molar-refractivity contribution in [3.05, 3.63) is 36.5 Å². The minimum atomic E-state index is -4.34. The van der Waals surface area contributed by atoms with Crippen LogP contribution >= 0.6 is 7.82 Å². The molecule has 1 aliphatic rings. The maximum atomic E-state index is 12.1. The van der Waals surface area contributed by atoms with Crippen LogP contribution in [-0.2, 0) is 37.4 Å². The molecule has 0 spiro atoms. The lowest BCUT2D eigenvalue weighted by Crippen LogP contribution is -2.37. The maximum Gasteiger partial charge on any atom is 0.472 e. The smallest absolute Gasteiger partial charge is 0.462 e. The van der Waals surface area contributed by atoms with Crippen molar-refractivity contribution in [1.82, 2.24) is 0 Å². The molecule has 236 valence electrons. The highest BCUT2D eigenvalue weighted by atomic mass is 31.2. The highest BCUT2D eigenvalue weighted by Crippen LogP contribution is 2.43. The summed E-state index contributed by atoms with van der Waals surface area (Å²) in [5, 5.41) is 0. The number of ether oxygens (including phenoxy) is 3. The molecule has 1 aliphatic heterocycles. The minimum Gasteiger partial charge on any atom is -0.462 e. The van der Waals surface area contributed by atoms with Gasteiger partial charge in [0.15, 0.2) is 6.10 Å². The van der Waals surface area contributed by atoms with E-state index in [1.165, 1.54) is 32.6 Å². The molecule has 1 saturated heterocycles. The largest absolute Gasteiger partial charge is 0.472 e. The molecule has 1 rings (SSSR count). The van der Waals surface area contributed by atoms with Gasteiger partial charge in [-0.2, -0.15) is 0 Å². The van der Waals surface area contributed by atoms with Gasteiger partial charge in [-0.3, -0.25) is 18.6 Å². The lowest BCUT2D eigenvalue weighted by atomic mass is 10.1. The number of carbonyl (C=O) groups is 2. The van der Waals surface area contributed by atoms with Gasteiger partial charge in [-0.15, -0.1) is 0 Å². The predicted molar refractivity (Wildman–Crippen MR) is 159 cm³/mol. The first-order valence-corrected chi connectivity index (χ1v) is 16.3. The van der Waals surface area contributed by atoms with Gasteiger partial charge in [0.05, 0.1) is 40.0 Å². The molecular weight excluding hydrogens is 549 g/mol. The van der Waals surface area contributed by atoms with Crippen molar-refractivity contribution in [3.8, 4) is 0 Å².